The Kier molecular flexibility index (Phi) is 6.10. The van der Waals surface area contributed by atoms with Crippen LogP contribution in [0.25, 0.3) is 11.2 Å². The first kappa shape index (κ1) is 24.7. The summed E-state index contributed by atoms with van der Waals surface area (Å²) in [5.74, 6) is 2.44. The van der Waals surface area contributed by atoms with Gasteiger partial charge in [-0.1, -0.05) is 48.9 Å². The number of anilines is 2. The molecule has 3 heterocycles. The topological polar surface area (TPSA) is 74.3 Å². The van der Waals surface area contributed by atoms with Crippen molar-refractivity contribution in [2.45, 2.75) is 33.9 Å². The molecule has 3 aromatic carbocycles. The summed E-state index contributed by atoms with van der Waals surface area (Å²) in [5.41, 5.74) is 4.22. The number of fused-ring (bicyclic) bond motifs is 3. The number of aromatic nitrogens is 4. The monoisotopic (exact) mass is 521 g/mol. The summed E-state index contributed by atoms with van der Waals surface area (Å²) in [5, 5.41) is 0. The Morgan fingerprint density at radius 2 is 1.64 bits per heavy atom. The number of hydrogen-bond acceptors (Lipinski definition) is 5. The van der Waals surface area contributed by atoms with E-state index in [1.165, 1.54) is 9.13 Å². The predicted octanol–water partition coefficient (Wildman–Crippen LogP) is 5.14. The molecule has 6 rings (SSSR count). The van der Waals surface area contributed by atoms with Crippen molar-refractivity contribution < 1.29 is 4.74 Å². The molecule has 5 aromatic rings. The fourth-order valence-electron chi connectivity index (χ4n) is 5.32. The van der Waals surface area contributed by atoms with E-state index >= 15 is 0 Å². The molecule has 0 N–H and O–H groups in total. The van der Waals surface area contributed by atoms with Gasteiger partial charge < -0.3 is 14.2 Å². The minimum atomic E-state index is -0.370. The molecule has 1 aliphatic rings. The Morgan fingerprint density at radius 3 is 2.38 bits per heavy atom. The predicted molar refractivity (Wildman–Crippen MR) is 153 cm³/mol. The number of aryl methyl sites for hydroxylation is 3. The molecule has 39 heavy (non-hydrogen) atoms. The van der Waals surface area contributed by atoms with Crippen LogP contribution >= 0.6 is 0 Å². The number of nitrogens with zero attached hydrogens (tertiary/aromatic N) is 5. The van der Waals surface area contributed by atoms with Gasteiger partial charge >= 0.3 is 5.69 Å². The summed E-state index contributed by atoms with van der Waals surface area (Å²) in [7, 11) is 1.69. The van der Waals surface area contributed by atoms with Crippen molar-refractivity contribution in [2.24, 2.45) is 13.0 Å². The third-order valence-electron chi connectivity index (χ3n) is 7.40. The summed E-state index contributed by atoms with van der Waals surface area (Å²) in [6, 6.07) is 23.6. The molecule has 8 heteroatoms. The number of benzene rings is 3. The van der Waals surface area contributed by atoms with Gasteiger partial charge in [0.1, 0.15) is 11.5 Å². The molecule has 0 spiro atoms. The summed E-state index contributed by atoms with van der Waals surface area (Å²) < 4.78 is 10.8. The minimum Gasteiger partial charge on any atom is -0.457 e. The molecule has 8 nitrogen and oxygen atoms in total. The van der Waals surface area contributed by atoms with E-state index in [0.717, 1.165) is 40.4 Å². The van der Waals surface area contributed by atoms with Crippen molar-refractivity contribution in [1.29, 1.82) is 0 Å². The molecule has 2 aromatic heterocycles. The fraction of sp³-hybridized carbons (Fsp3) is 0.258. The van der Waals surface area contributed by atoms with E-state index < -0.39 is 0 Å². The zero-order valence-corrected chi connectivity index (χ0v) is 22.6. The van der Waals surface area contributed by atoms with Gasteiger partial charge in [-0.2, -0.15) is 4.98 Å². The van der Waals surface area contributed by atoms with Crippen LogP contribution in [-0.4, -0.2) is 25.2 Å². The molecule has 198 valence electrons. The zero-order valence-electron chi connectivity index (χ0n) is 22.6. The SMILES string of the molecule is Cc1ccc(C)c(Cn2c(=O)c3c(nc4n3C[C@@H](C)CN4c3ccc(Oc4ccccc4)cc3)n(C)c2=O)c1. The molecule has 0 aliphatic carbocycles. The van der Waals surface area contributed by atoms with Crippen molar-refractivity contribution >= 4 is 22.8 Å². The molecule has 1 atom stereocenters. The normalized spacial score (nSPS) is 15.0. The Labute approximate surface area is 226 Å². The Morgan fingerprint density at radius 1 is 0.923 bits per heavy atom. The van der Waals surface area contributed by atoms with Crippen LogP contribution in [0.15, 0.2) is 82.4 Å². The molecular weight excluding hydrogens is 490 g/mol. The van der Waals surface area contributed by atoms with Crippen LogP contribution in [0.3, 0.4) is 0 Å². The lowest BCUT2D eigenvalue weighted by Crippen LogP contribution is -2.40. The number of para-hydroxylation sites is 1. The Hall–Kier alpha value is -4.59. The number of ether oxygens (including phenoxy) is 1. The minimum absolute atomic E-state index is 0.220. The maximum Gasteiger partial charge on any atom is 0.332 e. The van der Waals surface area contributed by atoms with Gasteiger partial charge in [-0.15, -0.1) is 0 Å². The van der Waals surface area contributed by atoms with E-state index in [9.17, 15) is 9.59 Å². The lowest BCUT2D eigenvalue weighted by Gasteiger charge is -2.33. The average Bonchev–Trinajstić information content (AvgIpc) is 3.32. The highest BCUT2D eigenvalue weighted by Crippen LogP contribution is 2.34. The number of rotatable bonds is 5. The highest BCUT2D eigenvalue weighted by Gasteiger charge is 2.30. The van der Waals surface area contributed by atoms with Gasteiger partial charge in [-0.05, 0) is 67.3 Å². The van der Waals surface area contributed by atoms with Gasteiger partial charge in [-0.25, -0.2) is 4.79 Å². The number of hydrogen-bond donors (Lipinski definition) is 0. The number of imidazole rings is 1. The van der Waals surface area contributed by atoms with E-state index in [-0.39, 0.29) is 23.7 Å². The molecular formula is C31H31N5O3. The van der Waals surface area contributed by atoms with Gasteiger partial charge in [0.25, 0.3) is 5.56 Å². The highest BCUT2D eigenvalue weighted by molar-refractivity contribution is 5.77. The first-order chi connectivity index (χ1) is 18.8. The van der Waals surface area contributed by atoms with Crippen molar-refractivity contribution in [3.63, 3.8) is 0 Å². The molecule has 1 aliphatic heterocycles. The molecule has 0 unspecified atom stereocenters. The van der Waals surface area contributed by atoms with Crippen LogP contribution in [0.2, 0.25) is 0 Å². The second-order valence-electron chi connectivity index (χ2n) is 10.5. The fourth-order valence-corrected chi connectivity index (χ4v) is 5.32. The zero-order chi connectivity index (χ0) is 27.3. The second kappa shape index (κ2) is 9.62. The van der Waals surface area contributed by atoms with Crippen LogP contribution < -0.4 is 20.9 Å². The summed E-state index contributed by atoms with van der Waals surface area (Å²) in [6.45, 7) is 7.78. The smallest absolute Gasteiger partial charge is 0.332 e. The van der Waals surface area contributed by atoms with Gasteiger partial charge in [0, 0.05) is 25.8 Å². The quantitative estimate of drug-likeness (QED) is 0.320. The molecule has 0 bridgehead atoms. The largest absolute Gasteiger partial charge is 0.457 e. The van der Waals surface area contributed by atoms with Crippen LogP contribution in [0.5, 0.6) is 11.5 Å². The lowest BCUT2D eigenvalue weighted by atomic mass is 10.1. The summed E-state index contributed by atoms with van der Waals surface area (Å²) >= 11 is 0. The lowest BCUT2D eigenvalue weighted by molar-refractivity contribution is 0.457. The van der Waals surface area contributed by atoms with E-state index in [0.29, 0.717) is 23.7 Å². The van der Waals surface area contributed by atoms with Crippen molar-refractivity contribution in [3.05, 3.63) is 110 Å². The van der Waals surface area contributed by atoms with E-state index in [1.54, 1.807) is 7.05 Å². The van der Waals surface area contributed by atoms with Crippen molar-refractivity contribution in [1.82, 2.24) is 18.7 Å². The van der Waals surface area contributed by atoms with E-state index in [4.69, 9.17) is 9.72 Å². The van der Waals surface area contributed by atoms with Crippen LogP contribution in [0.4, 0.5) is 11.6 Å². The Bertz CT molecular complexity index is 1800. The van der Waals surface area contributed by atoms with Crippen molar-refractivity contribution in [2.75, 3.05) is 11.4 Å². The standard InChI is InChI=1S/C31H31N5O3/c1-20-10-11-22(3)23(16-20)19-36-29(37)27-28(33(4)31(36)38)32-30-34(17-21(2)18-35(27)30)24-12-14-26(15-13-24)39-25-8-6-5-7-9-25/h5-16,21H,17-19H2,1-4H3/t21-/m0/s1. The van der Waals surface area contributed by atoms with Gasteiger partial charge in [0.2, 0.25) is 5.95 Å². The molecule has 0 radical (unpaired) electrons. The van der Waals surface area contributed by atoms with E-state index in [2.05, 4.69) is 11.8 Å². The first-order valence-corrected chi connectivity index (χ1v) is 13.2. The summed E-state index contributed by atoms with van der Waals surface area (Å²) in [6.07, 6.45) is 0. The molecule has 0 fully saturated rings. The average molecular weight is 522 g/mol. The van der Waals surface area contributed by atoms with E-state index in [1.807, 2.05) is 91.2 Å². The maximum absolute atomic E-state index is 13.9. The van der Waals surface area contributed by atoms with Gasteiger partial charge in [0.15, 0.2) is 11.2 Å². The first-order valence-electron chi connectivity index (χ1n) is 13.2. The van der Waals surface area contributed by atoms with Crippen LogP contribution in [0.1, 0.15) is 23.6 Å². The second-order valence-corrected chi connectivity index (χ2v) is 10.5. The van der Waals surface area contributed by atoms with Crippen LogP contribution in [0, 0.1) is 19.8 Å². The van der Waals surface area contributed by atoms with Crippen molar-refractivity contribution in [3.8, 4) is 11.5 Å². The third-order valence-corrected chi connectivity index (χ3v) is 7.40. The van der Waals surface area contributed by atoms with Gasteiger partial charge in [-0.3, -0.25) is 13.9 Å². The molecule has 0 amide bonds. The Balaban J connectivity index is 1.42. The molecule has 0 saturated carbocycles. The highest BCUT2D eigenvalue weighted by atomic mass is 16.5. The van der Waals surface area contributed by atoms with Crippen LogP contribution in [-0.2, 0) is 20.1 Å². The maximum atomic E-state index is 13.9. The third kappa shape index (κ3) is 4.41. The van der Waals surface area contributed by atoms with Gasteiger partial charge in [0.05, 0.1) is 6.54 Å². The summed E-state index contributed by atoms with van der Waals surface area (Å²) in [4.78, 5) is 34.2. The molecule has 0 saturated heterocycles.